The molecule has 3 heterocycles. The van der Waals surface area contributed by atoms with E-state index in [1.807, 2.05) is 42.5 Å². The second-order valence-corrected chi connectivity index (χ2v) is 7.14. The highest BCUT2D eigenvalue weighted by molar-refractivity contribution is 5.88. The number of nitrogens with zero attached hydrogens (tertiary/aromatic N) is 1. The highest BCUT2D eigenvalue weighted by atomic mass is 16.3. The summed E-state index contributed by atoms with van der Waals surface area (Å²) in [6.07, 6.45) is 3.39. The Morgan fingerprint density at radius 1 is 1.20 bits per heavy atom. The van der Waals surface area contributed by atoms with Gasteiger partial charge in [0.15, 0.2) is 0 Å². The Kier molecular flexibility index (Phi) is 4.55. The van der Waals surface area contributed by atoms with E-state index < -0.39 is 6.10 Å². The van der Waals surface area contributed by atoms with E-state index >= 15 is 0 Å². The molecule has 1 atom stereocenters. The van der Waals surface area contributed by atoms with Crippen molar-refractivity contribution in [1.82, 2.24) is 10.2 Å². The smallest absolute Gasteiger partial charge is 0.244 e. The lowest BCUT2D eigenvalue weighted by Crippen LogP contribution is -2.43. The monoisotopic (exact) mass is 336 g/mol. The largest absolute Gasteiger partial charge is 0.387 e. The van der Waals surface area contributed by atoms with Gasteiger partial charge in [0.1, 0.15) is 0 Å². The maximum atomic E-state index is 12.2. The number of piperidine rings is 3. The zero-order valence-electron chi connectivity index (χ0n) is 14.3. The fourth-order valence-electron chi connectivity index (χ4n) is 3.96. The topological polar surface area (TPSA) is 52.6 Å². The number of fused-ring (bicyclic) bond motifs is 4. The molecule has 3 aliphatic heterocycles. The summed E-state index contributed by atoms with van der Waals surface area (Å²) >= 11 is 0. The molecule has 5 rings (SSSR count). The van der Waals surface area contributed by atoms with Gasteiger partial charge in [-0.15, -0.1) is 0 Å². The van der Waals surface area contributed by atoms with Crippen LogP contribution in [0.25, 0.3) is 10.8 Å². The van der Waals surface area contributed by atoms with Gasteiger partial charge < -0.3 is 10.4 Å². The Labute approximate surface area is 148 Å². The average Bonchev–Trinajstić information content (AvgIpc) is 2.66. The van der Waals surface area contributed by atoms with Crippen molar-refractivity contribution in [3.05, 3.63) is 59.7 Å². The minimum absolute atomic E-state index is 0.0939. The van der Waals surface area contributed by atoms with Gasteiger partial charge >= 0.3 is 0 Å². The summed E-state index contributed by atoms with van der Waals surface area (Å²) in [5.74, 6) is 0.477. The van der Waals surface area contributed by atoms with Crippen molar-refractivity contribution in [1.29, 1.82) is 0 Å². The fourth-order valence-corrected chi connectivity index (χ4v) is 3.96. The SMILES string of the molecule is O=C(/C=C1/CN2CCC1CC2)NCC(O)c1ccc2ccccc2c1. The second kappa shape index (κ2) is 6.98. The van der Waals surface area contributed by atoms with Crippen LogP contribution in [-0.4, -0.2) is 42.1 Å². The van der Waals surface area contributed by atoms with Crippen LogP contribution in [0.3, 0.4) is 0 Å². The van der Waals surface area contributed by atoms with Gasteiger partial charge in [0.05, 0.1) is 6.10 Å². The average molecular weight is 336 g/mol. The number of amides is 1. The van der Waals surface area contributed by atoms with Gasteiger partial charge in [-0.25, -0.2) is 0 Å². The molecule has 4 heteroatoms. The van der Waals surface area contributed by atoms with Crippen molar-refractivity contribution >= 4 is 16.7 Å². The predicted molar refractivity (Wildman–Crippen MR) is 99.2 cm³/mol. The molecular weight excluding hydrogens is 312 g/mol. The molecule has 130 valence electrons. The molecule has 0 saturated carbocycles. The van der Waals surface area contributed by atoms with Crippen molar-refractivity contribution < 1.29 is 9.90 Å². The van der Waals surface area contributed by atoms with Crippen LogP contribution in [0.5, 0.6) is 0 Å². The molecule has 2 aromatic carbocycles. The van der Waals surface area contributed by atoms with Gasteiger partial charge in [-0.3, -0.25) is 9.69 Å². The maximum Gasteiger partial charge on any atom is 0.244 e. The Balaban J connectivity index is 1.37. The summed E-state index contributed by atoms with van der Waals surface area (Å²) in [5.41, 5.74) is 2.07. The van der Waals surface area contributed by atoms with E-state index in [-0.39, 0.29) is 12.5 Å². The zero-order chi connectivity index (χ0) is 17.2. The van der Waals surface area contributed by atoms with Gasteiger partial charge in [0.2, 0.25) is 5.91 Å². The van der Waals surface area contributed by atoms with Crippen LogP contribution in [0.4, 0.5) is 0 Å². The highest BCUT2D eigenvalue weighted by Crippen LogP contribution is 2.31. The molecule has 2 N–H and O–H groups in total. The van der Waals surface area contributed by atoms with Gasteiger partial charge in [0, 0.05) is 19.2 Å². The summed E-state index contributed by atoms with van der Waals surface area (Å²) in [6.45, 7) is 3.47. The van der Waals surface area contributed by atoms with Crippen LogP contribution in [0.2, 0.25) is 0 Å². The lowest BCUT2D eigenvalue weighted by atomic mass is 9.83. The Morgan fingerprint density at radius 2 is 1.96 bits per heavy atom. The number of aliphatic hydroxyl groups is 1. The molecule has 1 amide bonds. The number of benzene rings is 2. The molecule has 3 aliphatic rings. The van der Waals surface area contributed by atoms with Crippen LogP contribution in [-0.2, 0) is 4.79 Å². The summed E-state index contributed by atoms with van der Waals surface area (Å²) < 4.78 is 0. The first-order valence-corrected chi connectivity index (χ1v) is 9.06. The van der Waals surface area contributed by atoms with Crippen LogP contribution in [0, 0.1) is 5.92 Å². The van der Waals surface area contributed by atoms with E-state index in [2.05, 4.69) is 10.2 Å². The summed E-state index contributed by atoms with van der Waals surface area (Å²) in [7, 11) is 0. The molecule has 0 spiro atoms. The molecule has 0 radical (unpaired) electrons. The van der Waals surface area contributed by atoms with Crippen LogP contribution >= 0.6 is 0 Å². The van der Waals surface area contributed by atoms with Gasteiger partial charge in [-0.2, -0.15) is 0 Å². The quantitative estimate of drug-likeness (QED) is 0.844. The van der Waals surface area contributed by atoms with E-state index in [0.29, 0.717) is 5.92 Å². The minimum Gasteiger partial charge on any atom is -0.387 e. The Hall–Kier alpha value is -2.17. The molecule has 0 aromatic heterocycles. The molecule has 4 nitrogen and oxygen atoms in total. The number of rotatable bonds is 4. The minimum atomic E-state index is -0.696. The standard InChI is InChI=1S/C21H24N2O2/c24-20(18-6-5-15-3-1-2-4-17(15)11-18)13-22-21(25)12-19-14-23-9-7-16(19)8-10-23/h1-6,11-12,16,20,24H,7-10,13-14H2,(H,22,25)/b19-12-. The van der Waals surface area contributed by atoms with Gasteiger partial charge in [0.25, 0.3) is 0 Å². The first kappa shape index (κ1) is 16.3. The third kappa shape index (κ3) is 3.60. The Morgan fingerprint density at radius 3 is 2.68 bits per heavy atom. The lowest BCUT2D eigenvalue weighted by molar-refractivity contribution is -0.117. The molecule has 2 aromatic rings. The third-order valence-corrected chi connectivity index (χ3v) is 5.46. The van der Waals surface area contributed by atoms with E-state index in [1.165, 1.54) is 18.4 Å². The first-order valence-electron chi connectivity index (χ1n) is 9.06. The van der Waals surface area contributed by atoms with Crippen molar-refractivity contribution in [2.45, 2.75) is 18.9 Å². The van der Waals surface area contributed by atoms with E-state index in [9.17, 15) is 9.90 Å². The van der Waals surface area contributed by atoms with Crippen LogP contribution in [0.15, 0.2) is 54.1 Å². The lowest BCUT2D eigenvalue weighted by Gasteiger charge is -2.40. The number of carbonyl (C=O) groups excluding carboxylic acids is 1. The van der Waals surface area contributed by atoms with Crippen molar-refractivity contribution in [2.75, 3.05) is 26.2 Å². The molecule has 1 unspecified atom stereocenters. The summed E-state index contributed by atoms with van der Waals surface area (Å²) in [6, 6.07) is 14.0. The van der Waals surface area contributed by atoms with E-state index in [0.717, 1.165) is 36.0 Å². The van der Waals surface area contributed by atoms with Crippen LogP contribution in [0.1, 0.15) is 24.5 Å². The molecule has 0 aliphatic carbocycles. The first-order chi connectivity index (χ1) is 12.2. The normalized spacial score (nSPS) is 25.2. The van der Waals surface area contributed by atoms with Crippen molar-refractivity contribution in [3.8, 4) is 0 Å². The van der Waals surface area contributed by atoms with E-state index in [1.54, 1.807) is 6.08 Å². The number of hydrogen-bond donors (Lipinski definition) is 2. The summed E-state index contributed by atoms with van der Waals surface area (Å²) in [5, 5.41) is 15.5. The summed E-state index contributed by atoms with van der Waals surface area (Å²) in [4.78, 5) is 14.6. The predicted octanol–water partition coefficient (Wildman–Crippen LogP) is 2.64. The van der Waals surface area contributed by atoms with Crippen LogP contribution < -0.4 is 5.32 Å². The molecular formula is C21H24N2O2. The number of hydrogen-bond acceptors (Lipinski definition) is 3. The maximum absolute atomic E-state index is 12.2. The van der Waals surface area contributed by atoms with Gasteiger partial charge in [-0.1, -0.05) is 36.4 Å². The van der Waals surface area contributed by atoms with Gasteiger partial charge in [-0.05, 0) is 59.8 Å². The molecule has 2 bridgehead atoms. The number of nitrogens with one attached hydrogen (secondary N) is 1. The zero-order valence-corrected chi connectivity index (χ0v) is 14.3. The highest BCUT2D eigenvalue weighted by Gasteiger charge is 2.29. The van der Waals surface area contributed by atoms with Crippen molar-refractivity contribution in [2.24, 2.45) is 5.92 Å². The van der Waals surface area contributed by atoms with E-state index in [4.69, 9.17) is 0 Å². The van der Waals surface area contributed by atoms with Crippen molar-refractivity contribution in [3.63, 3.8) is 0 Å². The Bertz CT molecular complexity index is 806. The third-order valence-electron chi connectivity index (χ3n) is 5.46. The fraction of sp³-hybridized carbons (Fsp3) is 0.381. The molecule has 3 saturated heterocycles. The molecule has 3 fully saturated rings. The number of carbonyl (C=O) groups is 1. The second-order valence-electron chi connectivity index (χ2n) is 7.14. The molecule has 25 heavy (non-hydrogen) atoms. The number of aliphatic hydroxyl groups excluding tert-OH is 1.